The van der Waals surface area contributed by atoms with Crippen LogP contribution in [0.3, 0.4) is 0 Å². The SMILES string of the molecule is NNC(Cc1ccc(Br)cn1)c1cc(F)ccc1N. The van der Waals surface area contributed by atoms with Gasteiger partial charge in [0.1, 0.15) is 5.82 Å². The van der Waals surface area contributed by atoms with Gasteiger partial charge in [-0.15, -0.1) is 0 Å². The molecule has 19 heavy (non-hydrogen) atoms. The molecule has 0 amide bonds. The second-order valence-corrected chi connectivity index (χ2v) is 5.08. The molecule has 100 valence electrons. The normalized spacial score (nSPS) is 12.4. The highest BCUT2D eigenvalue weighted by molar-refractivity contribution is 9.10. The van der Waals surface area contributed by atoms with Gasteiger partial charge in [0.2, 0.25) is 0 Å². The molecule has 1 aromatic heterocycles. The summed E-state index contributed by atoms with van der Waals surface area (Å²) in [7, 11) is 0. The van der Waals surface area contributed by atoms with Crippen LogP contribution in [0.25, 0.3) is 0 Å². The summed E-state index contributed by atoms with van der Waals surface area (Å²) in [6.07, 6.45) is 2.23. The molecule has 0 radical (unpaired) electrons. The molecular weight excluding hydrogens is 311 g/mol. The Morgan fingerprint density at radius 1 is 1.32 bits per heavy atom. The molecule has 2 aromatic rings. The Morgan fingerprint density at radius 3 is 2.74 bits per heavy atom. The Morgan fingerprint density at radius 2 is 2.11 bits per heavy atom. The van der Waals surface area contributed by atoms with E-state index in [0.717, 1.165) is 10.2 Å². The van der Waals surface area contributed by atoms with Gasteiger partial charge in [-0.05, 0) is 51.8 Å². The van der Waals surface area contributed by atoms with Crippen LogP contribution in [0.1, 0.15) is 17.3 Å². The van der Waals surface area contributed by atoms with Crippen LogP contribution < -0.4 is 17.0 Å². The molecule has 1 aromatic carbocycles. The van der Waals surface area contributed by atoms with Crippen molar-refractivity contribution in [3.05, 3.63) is 58.1 Å². The molecule has 0 aliphatic carbocycles. The van der Waals surface area contributed by atoms with E-state index in [1.165, 1.54) is 18.2 Å². The van der Waals surface area contributed by atoms with Gasteiger partial charge in [-0.25, -0.2) is 4.39 Å². The Labute approximate surface area is 119 Å². The third kappa shape index (κ3) is 3.50. The number of aromatic nitrogens is 1. The zero-order valence-corrected chi connectivity index (χ0v) is 11.7. The highest BCUT2D eigenvalue weighted by atomic mass is 79.9. The van der Waals surface area contributed by atoms with Crippen molar-refractivity contribution in [3.8, 4) is 0 Å². The third-order valence-electron chi connectivity index (χ3n) is 2.83. The molecule has 1 atom stereocenters. The molecule has 0 saturated carbocycles. The summed E-state index contributed by atoms with van der Waals surface area (Å²) >= 11 is 3.32. The predicted octanol–water partition coefficient (Wildman–Crippen LogP) is 2.31. The van der Waals surface area contributed by atoms with Crippen LogP contribution in [0.5, 0.6) is 0 Å². The second-order valence-electron chi connectivity index (χ2n) is 4.16. The molecule has 0 bridgehead atoms. The van der Waals surface area contributed by atoms with E-state index in [4.69, 9.17) is 11.6 Å². The molecule has 4 nitrogen and oxygen atoms in total. The molecule has 0 saturated heterocycles. The van der Waals surface area contributed by atoms with Crippen molar-refractivity contribution < 1.29 is 4.39 Å². The number of rotatable bonds is 4. The van der Waals surface area contributed by atoms with Crippen LogP contribution in [0.4, 0.5) is 10.1 Å². The van der Waals surface area contributed by atoms with E-state index >= 15 is 0 Å². The highest BCUT2D eigenvalue weighted by Crippen LogP contribution is 2.24. The van der Waals surface area contributed by atoms with Crippen molar-refractivity contribution in [3.63, 3.8) is 0 Å². The monoisotopic (exact) mass is 324 g/mol. The summed E-state index contributed by atoms with van der Waals surface area (Å²) in [4.78, 5) is 4.27. The van der Waals surface area contributed by atoms with Crippen molar-refractivity contribution in [2.24, 2.45) is 5.84 Å². The molecule has 2 rings (SSSR count). The largest absolute Gasteiger partial charge is 0.398 e. The van der Waals surface area contributed by atoms with Gasteiger partial charge in [-0.1, -0.05) is 0 Å². The zero-order valence-electron chi connectivity index (χ0n) is 10.1. The number of nitrogen functional groups attached to an aromatic ring is 1. The molecule has 0 fully saturated rings. The van der Waals surface area contributed by atoms with Crippen LogP contribution in [0, 0.1) is 5.82 Å². The van der Waals surface area contributed by atoms with Crippen LogP contribution in [0.15, 0.2) is 41.0 Å². The van der Waals surface area contributed by atoms with E-state index < -0.39 is 0 Å². The molecule has 6 heteroatoms. The van der Waals surface area contributed by atoms with Gasteiger partial charge >= 0.3 is 0 Å². The smallest absolute Gasteiger partial charge is 0.123 e. The van der Waals surface area contributed by atoms with Gasteiger partial charge in [-0.3, -0.25) is 16.3 Å². The van der Waals surface area contributed by atoms with Crippen molar-refractivity contribution >= 4 is 21.6 Å². The summed E-state index contributed by atoms with van der Waals surface area (Å²) in [6, 6.07) is 7.73. The minimum Gasteiger partial charge on any atom is -0.398 e. The highest BCUT2D eigenvalue weighted by Gasteiger charge is 2.15. The van der Waals surface area contributed by atoms with E-state index in [9.17, 15) is 4.39 Å². The maximum absolute atomic E-state index is 13.3. The number of anilines is 1. The van der Waals surface area contributed by atoms with Crippen molar-refractivity contribution in [2.75, 3.05) is 5.73 Å². The first kappa shape index (κ1) is 13.9. The fourth-order valence-corrected chi connectivity index (χ4v) is 2.08. The molecule has 0 aliphatic rings. The maximum atomic E-state index is 13.3. The minimum absolute atomic E-state index is 0.288. The van der Waals surface area contributed by atoms with Crippen molar-refractivity contribution in [1.29, 1.82) is 0 Å². The van der Waals surface area contributed by atoms with Gasteiger partial charge in [0.05, 0.1) is 6.04 Å². The van der Waals surface area contributed by atoms with E-state index in [-0.39, 0.29) is 11.9 Å². The summed E-state index contributed by atoms with van der Waals surface area (Å²) in [5.74, 6) is 5.20. The van der Waals surface area contributed by atoms with Gasteiger partial charge in [0.25, 0.3) is 0 Å². The molecule has 1 unspecified atom stereocenters. The lowest BCUT2D eigenvalue weighted by Gasteiger charge is -2.18. The first-order valence-electron chi connectivity index (χ1n) is 5.71. The van der Waals surface area contributed by atoms with Crippen LogP contribution in [-0.4, -0.2) is 4.98 Å². The van der Waals surface area contributed by atoms with E-state index in [1.807, 2.05) is 12.1 Å². The Balaban J connectivity index is 2.24. The quantitative estimate of drug-likeness (QED) is 0.458. The second kappa shape index (κ2) is 6.10. The fraction of sp³-hybridized carbons (Fsp3) is 0.154. The number of hydrogen-bond donors (Lipinski definition) is 3. The van der Waals surface area contributed by atoms with Crippen LogP contribution in [-0.2, 0) is 6.42 Å². The number of pyridine rings is 1. The Hall–Kier alpha value is -1.50. The number of halogens is 2. The standard InChI is InChI=1S/C13H14BrFN4/c14-8-1-3-10(18-7-8)6-13(19-17)11-5-9(15)2-4-12(11)16/h1-5,7,13,19H,6,16-17H2. The lowest BCUT2D eigenvalue weighted by Crippen LogP contribution is -2.30. The summed E-state index contributed by atoms with van der Waals surface area (Å²) in [6.45, 7) is 0. The number of benzene rings is 1. The maximum Gasteiger partial charge on any atom is 0.123 e. The minimum atomic E-state index is -0.340. The van der Waals surface area contributed by atoms with E-state index in [2.05, 4.69) is 26.3 Å². The number of hydrazine groups is 1. The average molecular weight is 325 g/mol. The summed E-state index contributed by atoms with van der Waals surface area (Å²) in [5.41, 5.74) is 10.5. The zero-order chi connectivity index (χ0) is 13.8. The number of hydrogen-bond acceptors (Lipinski definition) is 4. The van der Waals surface area contributed by atoms with Gasteiger partial charge < -0.3 is 5.73 Å². The Kier molecular flexibility index (Phi) is 4.47. The Bertz CT molecular complexity index is 559. The summed E-state index contributed by atoms with van der Waals surface area (Å²) in [5, 5.41) is 0. The number of nitrogens with zero attached hydrogens (tertiary/aromatic N) is 1. The van der Waals surface area contributed by atoms with Crippen LogP contribution in [0.2, 0.25) is 0 Å². The number of nitrogens with one attached hydrogen (secondary N) is 1. The van der Waals surface area contributed by atoms with E-state index in [1.54, 1.807) is 6.20 Å². The molecule has 0 aliphatic heterocycles. The fourth-order valence-electron chi connectivity index (χ4n) is 1.84. The van der Waals surface area contributed by atoms with Crippen LogP contribution >= 0.6 is 15.9 Å². The third-order valence-corrected chi connectivity index (χ3v) is 3.30. The first-order valence-corrected chi connectivity index (χ1v) is 6.51. The van der Waals surface area contributed by atoms with E-state index in [0.29, 0.717) is 17.7 Å². The van der Waals surface area contributed by atoms with Crippen molar-refractivity contribution in [2.45, 2.75) is 12.5 Å². The predicted molar refractivity (Wildman–Crippen MR) is 76.5 cm³/mol. The molecular formula is C13H14BrFN4. The van der Waals surface area contributed by atoms with Gasteiger partial charge in [0.15, 0.2) is 0 Å². The lowest BCUT2D eigenvalue weighted by atomic mass is 10.0. The van der Waals surface area contributed by atoms with Crippen molar-refractivity contribution in [1.82, 2.24) is 10.4 Å². The molecule has 1 heterocycles. The van der Waals surface area contributed by atoms with Gasteiger partial charge in [-0.2, -0.15) is 0 Å². The topological polar surface area (TPSA) is 77.0 Å². The first-order chi connectivity index (χ1) is 9.10. The molecule has 0 spiro atoms. The summed E-state index contributed by atoms with van der Waals surface area (Å²) < 4.78 is 14.2. The number of nitrogens with two attached hydrogens (primary N) is 2. The lowest BCUT2D eigenvalue weighted by molar-refractivity contribution is 0.540. The van der Waals surface area contributed by atoms with Gasteiger partial charge in [0, 0.05) is 28.5 Å². The molecule has 5 N–H and O–H groups in total. The average Bonchev–Trinajstić information content (AvgIpc) is 2.41.